The number of pyridine rings is 1. The summed E-state index contributed by atoms with van der Waals surface area (Å²) in [6.07, 6.45) is 4.35. The number of ether oxygens (including phenoxy) is 1. The molecule has 0 bridgehead atoms. The van der Waals surface area contributed by atoms with E-state index in [0.717, 1.165) is 64.0 Å². The first-order valence-corrected chi connectivity index (χ1v) is 11.4. The number of unbranched alkanes of at least 4 members (excludes halogenated alkanes) is 1. The average Bonchev–Trinajstić information content (AvgIpc) is 3.50. The number of hydrogen-bond donors (Lipinski definition) is 2. The molecule has 0 radical (unpaired) electrons. The molecule has 1 aromatic rings. The lowest BCUT2D eigenvalue weighted by Gasteiger charge is -2.34. The molecular weight excluding hydrogens is 421 g/mol. The number of nitrogens with zero attached hydrogens (tertiary/aromatic N) is 4. The van der Waals surface area contributed by atoms with Crippen molar-refractivity contribution in [3.05, 3.63) is 24.0 Å². The van der Waals surface area contributed by atoms with E-state index in [1.807, 2.05) is 0 Å². The molecular formula is C22H31F3N6O. The minimum absolute atomic E-state index is 0.131. The molecule has 4 aliphatic rings. The van der Waals surface area contributed by atoms with Crippen molar-refractivity contribution in [2.45, 2.75) is 62.6 Å². The number of nitrogens with one attached hydrogen (secondary N) is 1. The normalized spacial score (nSPS) is 32.3. The van der Waals surface area contributed by atoms with Crippen LogP contribution in [0.4, 0.5) is 19.0 Å². The average molecular weight is 453 g/mol. The first-order chi connectivity index (χ1) is 15.2. The van der Waals surface area contributed by atoms with Gasteiger partial charge in [-0.25, -0.2) is 4.98 Å². The summed E-state index contributed by atoms with van der Waals surface area (Å²) in [6.45, 7) is 6.54. The van der Waals surface area contributed by atoms with Gasteiger partial charge in [0.1, 0.15) is 0 Å². The lowest BCUT2D eigenvalue weighted by atomic mass is 10.2. The fraction of sp³-hybridized carbons (Fsp3) is 0.682. The Hall–Kier alpha value is -2.20. The van der Waals surface area contributed by atoms with E-state index in [4.69, 9.17) is 5.73 Å². The molecule has 2 aliphatic heterocycles. The van der Waals surface area contributed by atoms with E-state index in [1.165, 1.54) is 12.3 Å². The summed E-state index contributed by atoms with van der Waals surface area (Å²) in [6, 6.07) is 1.32. The van der Waals surface area contributed by atoms with Crippen molar-refractivity contribution in [1.82, 2.24) is 25.0 Å². The monoisotopic (exact) mass is 452 g/mol. The van der Waals surface area contributed by atoms with Crippen molar-refractivity contribution in [2.24, 2.45) is 0 Å². The van der Waals surface area contributed by atoms with Crippen molar-refractivity contribution in [3.63, 3.8) is 0 Å². The van der Waals surface area contributed by atoms with Crippen LogP contribution in [0.1, 0.15) is 44.6 Å². The molecule has 3 fully saturated rings. The highest BCUT2D eigenvalue weighted by Gasteiger charge is 2.88. The van der Waals surface area contributed by atoms with Gasteiger partial charge < -0.3 is 25.6 Å². The van der Waals surface area contributed by atoms with Crippen LogP contribution in [0.2, 0.25) is 0 Å². The van der Waals surface area contributed by atoms with Gasteiger partial charge in [0.05, 0.1) is 17.4 Å². The molecule has 32 heavy (non-hydrogen) atoms. The van der Waals surface area contributed by atoms with Gasteiger partial charge in [-0.15, -0.1) is 13.2 Å². The molecule has 3 heterocycles. The number of piperazine rings is 1. The second-order valence-corrected chi connectivity index (χ2v) is 9.61. The number of fused-ring (bicyclic) bond motifs is 1. The first kappa shape index (κ1) is 21.6. The fourth-order valence-corrected chi connectivity index (χ4v) is 5.52. The Morgan fingerprint density at radius 2 is 1.94 bits per heavy atom. The van der Waals surface area contributed by atoms with E-state index in [0.29, 0.717) is 5.56 Å². The molecule has 7 nitrogen and oxygen atoms in total. The third kappa shape index (κ3) is 3.57. The Morgan fingerprint density at radius 1 is 1.22 bits per heavy atom. The Balaban J connectivity index is 1.38. The van der Waals surface area contributed by atoms with Gasteiger partial charge in [-0.05, 0) is 38.8 Å². The number of halogens is 3. The maximum atomic E-state index is 12.8. The molecule has 0 spiro atoms. The Kier molecular flexibility index (Phi) is 5.01. The largest absolute Gasteiger partial charge is 0.573 e. The Morgan fingerprint density at radius 3 is 2.59 bits per heavy atom. The number of hydrogen-bond acceptors (Lipinski definition) is 7. The smallest absolute Gasteiger partial charge is 0.402 e. The molecule has 176 valence electrons. The third-order valence-corrected chi connectivity index (χ3v) is 7.56. The highest BCUT2D eigenvalue weighted by Crippen LogP contribution is 2.78. The van der Waals surface area contributed by atoms with Gasteiger partial charge in [0, 0.05) is 49.7 Å². The standard InChI is InChI=1S/C22H31F3N6O/c1-3-4-5-18-28-16(15-10-17(19(26)27-11-15)32-22(23,24)25)12-31(18)21-13-20(21,14-21)30-8-6-29(2)7-9-30/h10-12,18,28H,3-9,13-14H2,1-2H3,(H2,26,27). The van der Waals surface area contributed by atoms with Gasteiger partial charge in [-0.3, -0.25) is 4.90 Å². The Bertz CT molecular complexity index is 905. The first-order valence-electron chi connectivity index (χ1n) is 11.4. The molecule has 0 amide bonds. The summed E-state index contributed by atoms with van der Waals surface area (Å²) < 4.78 is 42.3. The van der Waals surface area contributed by atoms with Crippen molar-refractivity contribution in [3.8, 4) is 5.75 Å². The summed E-state index contributed by atoms with van der Waals surface area (Å²) >= 11 is 0. The second kappa shape index (κ2) is 7.41. The predicted molar refractivity (Wildman–Crippen MR) is 115 cm³/mol. The van der Waals surface area contributed by atoms with Crippen LogP contribution in [0.5, 0.6) is 5.75 Å². The van der Waals surface area contributed by atoms with E-state index in [2.05, 4.69) is 49.9 Å². The molecule has 3 N–H and O–H groups in total. The lowest BCUT2D eigenvalue weighted by molar-refractivity contribution is -0.274. The van der Waals surface area contributed by atoms with Crippen LogP contribution in [0, 0.1) is 0 Å². The highest BCUT2D eigenvalue weighted by molar-refractivity contribution is 5.69. The topological polar surface area (TPSA) is 69.9 Å². The molecule has 1 unspecified atom stereocenters. The van der Waals surface area contributed by atoms with Crippen LogP contribution in [0.15, 0.2) is 18.5 Å². The highest BCUT2D eigenvalue weighted by atomic mass is 19.4. The van der Waals surface area contributed by atoms with Crippen LogP contribution < -0.4 is 15.8 Å². The minimum atomic E-state index is -4.81. The molecule has 2 saturated carbocycles. The molecule has 1 aromatic heterocycles. The summed E-state index contributed by atoms with van der Waals surface area (Å²) in [5, 5.41) is 3.54. The van der Waals surface area contributed by atoms with E-state index in [9.17, 15) is 13.2 Å². The van der Waals surface area contributed by atoms with Crippen molar-refractivity contribution >= 4 is 11.5 Å². The zero-order valence-electron chi connectivity index (χ0n) is 18.6. The number of aromatic nitrogens is 1. The molecule has 5 rings (SSSR count). The fourth-order valence-electron chi connectivity index (χ4n) is 5.52. The molecule has 1 saturated heterocycles. The maximum absolute atomic E-state index is 12.8. The van der Waals surface area contributed by atoms with Gasteiger partial charge in [0.15, 0.2) is 11.6 Å². The van der Waals surface area contributed by atoms with E-state index >= 15 is 0 Å². The van der Waals surface area contributed by atoms with Gasteiger partial charge in [0.25, 0.3) is 0 Å². The lowest BCUT2D eigenvalue weighted by Crippen LogP contribution is -2.48. The minimum Gasteiger partial charge on any atom is -0.402 e. The molecule has 0 aromatic carbocycles. The predicted octanol–water partition coefficient (Wildman–Crippen LogP) is 2.81. The SMILES string of the molecule is CCCCC1NC(c2cnc(N)c(OC(F)(F)F)c2)=CN1C12CC1(N1CCN(C)CC1)C2. The van der Waals surface area contributed by atoms with Gasteiger partial charge in [-0.1, -0.05) is 13.3 Å². The van der Waals surface area contributed by atoms with Gasteiger partial charge in [-0.2, -0.15) is 0 Å². The number of anilines is 1. The summed E-state index contributed by atoms with van der Waals surface area (Å²) in [4.78, 5) is 11.4. The molecule has 2 aliphatic carbocycles. The summed E-state index contributed by atoms with van der Waals surface area (Å²) in [5.41, 5.74) is 7.33. The summed E-state index contributed by atoms with van der Waals surface area (Å²) in [5.74, 6) is -0.745. The maximum Gasteiger partial charge on any atom is 0.573 e. The van der Waals surface area contributed by atoms with Crippen LogP contribution in [-0.2, 0) is 0 Å². The number of rotatable bonds is 7. The van der Waals surface area contributed by atoms with E-state index in [1.54, 1.807) is 0 Å². The third-order valence-electron chi connectivity index (χ3n) is 7.56. The van der Waals surface area contributed by atoms with Crippen molar-refractivity contribution in [1.29, 1.82) is 0 Å². The van der Waals surface area contributed by atoms with Crippen LogP contribution in [0.25, 0.3) is 5.70 Å². The number of alkyl halides is 3. The number of nitrogens with two attached hydrogens (primary N) is 1. The van der Waals surface area contributed by atoms with Gasteiger partial charge >= 0.3 is 6.36 Å². The second-order valence-electron chi connectivity index (χ2n) is 9.61. The number of nitrogen functional groups attached to an aromatic ring is 1. The molecule has 10 heteroatoms. The summed E-state index contributed by atoms with van der Waals surface area (Å²) in [7, 11) is 2.17. The van der Waals surface area contributed by atoms with E-state index in [-0.39, 0.29) is 23.1 Å². The molecule has 1 atom stereocenters. The van der Waals surface area contributed by atoms with Crippen LogP contribution >= 0.6 is 0 Å². The van der Waals surface area contributed by atoms with Crippen molar-refractivity contribution in [2.75, 3.05) is 39.0 Å². The number of likely N-dealkylation sites (N-methyl/N-ethyl adjacent to an activating group) is 1. The van der Waals surface area contributed by atoms with Crippen LogP contribution in [-0.4, -0.2) is 76.5 Å². The van der Waals surface area contributed by atoms with Crippen LogP contribution in [0.3, 0.4) is 0 Å². The Labute approximate surface area is 186 Å². The van der Waals surface area contributed by atoms with Gasteiger partial charge in [0.2, 0.25) is 0 Å². The zero-order valence-corrected chi connectivity index (χ0v) is 18.6. The van der Waals surface area contributed by atoms with Crippen molar-refractivity contribution < 1.29 is 17.9 Å². The zero-order chi connectivity index (χ0) is 22.7. The van der Waals surface area contributed by atoms with E-state index < -0.39 is 12.1 Å². The quantitative estimate of drug-likeness (QED) is 0.659.